The summed E-state index contributed by atoms with van der Waals surface area (Å²) in [6.07, 6.45) is 3.06. The van der Waals surface area contributed by atoms with Gasteiger partial charge in [0, 0.05) is 21.7 Å². The molecular weight excluding hydrogens is 433 g/mol. The van der Waals surface area contributed by atoms with Crippen LogP contribution < -0.4 is 11.1 Å². The molecule has 0 saturated carbocycles. The molecule has 5 aromatic rings. The van der Waals surface area contributed by atoms with Crippen LogP contribution in [0.2, 0.25) is 5.02 Å². The van der Waals surface area contributed by atoms with Crippen LogP contribution in [0.5, 0.6) is 0 Å². The molecular formula is C22H17ClFN7O. The molecule has 0 unspecified atom stereocenters. The van der Waals surface area contributed by atoms with E-state index in [0.717, 1.165) is 22.2 Å². The Hall–Kier alpha value is -3.98. The van der Waals surface area contributed by atoms with Crippen molar-refractivity contribution < 1.29 is 9.18 Å². The van der Waals surface area contributed by atoms with Gasteiger partial charge in [0.2, 0.25) is 0 Å². The summed E-state index contributed by atoms with van der Waals surface area (Å²) in [6, 6.07) is 11.1. The third-order valence-electron chi connectivity index (χ3n) is 5.15. The average molecular weight is 450 g/mol. The lowest BCUT2D eigenvalue weighted by Crippen LogP contribution is -2.22. The van der Waals surface area contributed by atoms with Crippen molar-refractivity contribution >= 4 is 45.4 Å². The average Bonchev–Trinajstić information content (AvgIpc) is 3.37. The van der Waals surface area contributed by atoms with Crippen LogP contribution in [-0.2, 0) is 13.1 Å². The summed E-state index contributed by atoms with van der Waals surface area (Å²) >= 11 is 6.35. The monoisotopic (exact) mass is 449 g/mol. The maximum atomic E-state index is 13.1. The summed E-state index contributed by atoms with van der Waals surface area (Å²) in [5, 5.41) is 4.34. The second kappa shape index (κ2) is 7.93. The number of nitrogens with zero attached hydrogens (tertiary/aromatic N) is 4. The third-order valence-corrected chi connectivity index (χ3v) is 5.36. The number of halogens is 2. The Morgan fingerprint density at radius 3 is 2.78 bits per heavy atom. The van der Waals surface area contributed by atoms with Crippen LogP contribution in [0.15, 0.2) is 55.1 Å². The van der Waals surface area contributed by atoms with Gasteiger partial charge in [-0.3, -0.25) is 4.79 Å². The number of aromatic amines is 1. The molecule has 160 valence electrons. The lowest BCUT2D eigenvalue weighted by Gasteiger charge is -2.07. The molecule has 1 amide bonds. The number of benzene rings is 2. The van der Waals surface area contributed by atoms with Gasteiger partial charge in [0.1, 0.15) is 17.7 Å². The number of amides is 1. The maximum absolute atomic E-state index is 13.1. The van der Waals surface area contributed by atoms with Crippen molar-refractivity contribution in [2.45, 2.75) is 13.1 Å². The number of carbonyl (C=O) groups excluding carboxylic acids is 1. The first-order valence-corrected chi connectivity index (χ1v) is 10.1. The molecule has 4 N–H and O–H groups in total. The van der Waals surface area contributed by atoms with E-state index in [1.165, 1.54) is 30.6 Å². The Bertz CT molecular complexity index is 1460. The molecule has 0 radical (unpaired) electrons. The van der Waals surface area contributed by atoms with Gasteiger partial charge < -0.3 is 20.6 Å². The highest BCUT2D eigenvalue weighted by Gasteiger charge is 2.13. The molecule has 10 heteroatoms. The number of hydrogen-bond acceptors (Lipinski definition) is 5. The molecule has 0 saturated heterocycles. The fraction of sp³-hybridized carbons (Fsp3) is 0.0909. The van der Waals surface area contributed by atoms with Gasteiger partial charge in [-0.2, -0.15) is 0 Å². The third kappa shape index (κ3) is 3.74. The van der Waals surface area contributed by atoms with E-state index in [4.69, 9.17) is 17.3 Å². The topological polar surface area (TPSA) is 115 Å². The zero-order valence-corrected chi connectivity index (χ0v) is 17.4. The van der Waals surface area contributed by atoms with Crippen LogP contribution in [0, 0.1) is 5.82 Å². The Morgan fingerprint density at radius 2 is 1.97 bits per heavy atom. The van der Waals surface area contributed by atoms with E-state index in [2.05, 4.69) is 25.3 Å². The molecule has 3 aromatic heterocycles. The second-order valence-electron chi connectivity index (χ2n) is 7.32. The number of nitrogen functional groups attached to an aromatic ring is 1. The Kier molecular flexibility index (Phi) is 4.95. The number of carbonyl (C=O) groups is 1. The van der Waals surface area contributed by atoms with Gasteiger partial charge in [0.05, 0.1) is 24.9 Å². The van der Waals surface area contributed by atoms with E-state index in [0.29, 0.717) is 34.1 Å². The van der Waals surface area contributed by atoms with Crippen molar-refractivity contribution in [1.82, 2.24) is 29.8 Å². The van der Waals surface area contributed by atoms with Crippen molar-refractivity contribution in [3.05, 3.63) is 82.8 Å². The molecule has 0 bridgehead atoms. The fourth-order valence-electron chi connectivity index (χ4n) is 3.63. The minimum Gasteiger partial charge on any atom is -0.382 e. The molecule has 32 heavy (non-hydrogen) atoms. The number of imidazole rings is 1. The first-order chi connectivity index (χ1) is 15.5. The molecule has 8 nitrogen and oxygen atoms in total. The lowest BCUT2D eigenvalue weighted by atomic mass is 10.1. The molecule has 3 heterocycles. The highest BCUT2D eigenvalue weighted by Crippen LogP contribution is 2.26. The standard InChI is InChI=1S/C22H17ClFN7O/c23-15-5-13-7-17(8-26-22(32)12-1-3-16(24)4-2-12)30-18(13)14(6-15)9-31-11-29-19-20(25)27-10-28-21(19)31/h1-7,10-11,30H,8-9H2,(H,26,32)(H2,25,27,28). The summed E-state index contributed by atoms with van der Waals surface area (Å²) in [5.41, 5.74) is 10.1. The summed E-state index contributed by atoms with van der Waals surface area (Å²) < 4.78 is 14.9. The number of rotatable bonds is 5. The van der Waals surface area contributed by atoms with Crippen molar-refractivity contribution in [1.29, 1.82) is 0 Å². The Labute approximate surface area is 186 Å². The number of nitrogens with one attached hydrogen (secondary N) is 2. The molecule has 0 aliphatic rings. The van der Waals surface area contributed by atoms with E-state index in [9.17, 15) is 9.18 Å². The van der Waals surface area contributed by atoms with Gasteiger partial charge in [-0.1, -0.05) is 11.6 Å². The van der Waals surface area contributed by atoms with Crippen molar-refractivity contribution in [2.24, 2.45) is 0 Å². The number of nitrogens with two attached hydrogens (primary N) is 1. The highest BCUT2D eigenvalue weighted by atomic mass is 35.5. The number of hydrogen-bond donors (Lipinski definition) is 3. The van der Waals surface area contributed by atoms with E-state index < -0.39 is 0 Å². The van der Waals surface area contributed by atoms with Crippen LogP contribution >= 0.6 is 11.6 Å². The van der Waals surface area contributed by atoms with Crippen molar-refractivity contribution in [3.8, 4) is 0 Å². The molecule has 0 spiro atoms. The highest BCUT2D eigenvalue weighted by molar-refractivity contribution is 6.31. The van der Waals surface area contributed by atoms with Crippen LogP contribution in [0.4, 0.5) is 10.2 Å². The number of anilines is 1. The second-order valence-corrected chi connectivity index (χ2v) is 7.75. The zero-order chi connectivity index (χ0) is 22.2. The van der Waals surface area contributed by atoms with Crippen molar-refractivity contribution in [2.75, 3.05) is 5.73 Å². The van der Waals surface area contributed by atoms with Gasteiger partial charge in [-0.25, -0.2) is 19.3 Å². The molecule has 0 fully saturated rings. The summed E-state index contributed by atoms with van der Waals surface area (Å²) in [7, 11) is 0. The quantitative estimate of drug-likeness (QED) is 0.379. The van der Waals surface area contributed by atoms with Crippen LogP contribution in [0.1, 0.15) is 21.6 Å². The van der Waals surface area contributed by atoms with E-state index in [1.807, 2.05) is 22.8 Å². The van der Waals surface area contributed by atoms with Gasteiger partial charge >= 0.3 is 0 Å². The minimum atomic E-state index is -0.388. The largest absolute Gasteiger partial charge is 0.382 e. The van der Waals surface area contributed by atoms with Crippen molar-refractivity contribution in [3.63, 3.8) is 0 Å². The maximum Gasteiger partial charge on any atom is 0.251 e. The van der Waals surface area contributed by atoms with Gasteiger partial charge in [-0.15, -0.1) is 0 Å². The molecule has 5 rings (SSSR count). The van der Waals surface area contributed by atoms with Gasteiger partial charge in [-0.05, 0) is 48.0 Å². The zero-order valence-electron chi connectivity index (χ0n) is 16.6. The molecule has 0 atom stereocenters. The van der Waals surface area contributed by atoms with Crippen LogP contribution in [0.3, 0.4) is 0 Å². The normalized spacial score (nSPS) is 11.3. The lowest BCUT2D eigenvalue weighted by molar-refractivity contribution is 0.0950. The van der Waals surface area contributed by atoms with Gasteiger partial charge in [0.25, 0.3) is 5.91 Å². The summed E-state index contributed by atoms with van der Waals surface area (Å²) in [6.45, 7) is 0.742. The van der Waals surface area contributed by atoms with E-state index in [1.54, 1.807) is 6.33 Å². The predicted octanol–water partition coefficient (Wildman–Crippen LogP) is 3.66. The van der Waals surface area contributed by atoms with Crippen LogP contribution in [-0.4, -0.2) is 30.4 Å². The van der Waals surface area contributed by atoms with E-state index in [-0.39, 0.29) is 18.3 Å². The summed E-state index contributed by atoms with van der Waals surface area (Å²) in [5.74, 6) is -0.352. The van der Waals surface area contributed by atoms with E-state index >= 15 is 0 Å². The fourth-order valence-corrected chi connectivity index (χ4v) is 3.88. The minimum absolute atomic E-state index is 0.277. The number of H-pyrrole nitrogens is 1. The molecule has 2 aromatic carbocycles. The SMILES string of the molecule is Nc1ncnc2c1ncn2Cc1cc(Cl)cc2cc(CNC(=O)c3ccc(F)cc3)[nH]c12. The first kappa shape index (κ1) is 20.0. The first-order valence-electron chi connectivity index (χ1n) is 9.73. The molecule has 0 aliphatic heterocycles. The Balaban J connectivity index is 1.41. The Morgan fingerprint density at radius 1 is 1.16 bits per heavy atom. The van der Waals surface area contributed by atoms with Gasteiger partial charge in [0.15, 0.2) is 11.5 Å². The summed E-state index contributed by atoms with van der Waals surface area (Å²) in [4.78, 5) is 28.2. The number of aromatic nitrogens is 5. The molecule has 0 aliphatic carbocycles. The predicted molar refractivity (Wildman–Crippen MR) is 120 cm³/mol. The smallest absolute Gasteiger partial charge is 0.251 e. The number of fused-ring (bicyclic) bond motifs is 2. The van der Waals surface area contributed by atoms with Crippen LogP contribution in [0.25, 0.3) is 22.1 Å².